The minimum absolute atomic E-state index is 0.330. The van der Waals surface area contributed by atoms with Gasteiger partial charge in [-0.3, -0.25) is 4.79 Å². The van der Waals surface area contributed by atoms with Crippen LogP contribution in [0.4, 0.5) is 0 Å². The number of carbonyl (C=O) groups is 1. The van der Waals surface area contributed by atoms with Crippen LogP contribution in [-0.2, 0) is 6.61 Å². The van der Waals surface area contributed by atoms with E-state index in [-0.39, 0.29) is 5.91 Å². The number of halogens is 2. The molecule has 7 heteroatoms. The molecule has 0 aliphatic rings. The van der Waals surface area contributed by atoms with Gasteiger partial charge in [0.15, 0.2) is 0 Å². The number of carbonyl (C=O) groups excluding carboxylic acids is 1. The van der Waals surface area contributed by atoms with Gasteiger partial charge in [-0.15, -0.1) is 0 Å². The first-order valence-corrected chi connectivity index (χ1v) is 10.6. The van der Waals surface area contributed by atoms with Crippen molar-refractivity contribution >= 4 is 39.7 Å². The molecule has 1 amide bonds. The fourth-order valence-electron chi connectivity index (χ4n) is 2.58. The number of hydrogen-bond acceptors (Lipinski definition) is 4. The molecule has 3 aromatic rings. The number of rotatable bonds is 9. The van der Waals surface area contributed by atoms with Gasteiger partial charge in [-0.1, -0.05) is 52.3 Å². The Balaban J connectivity index is 1.56. The van der Waals surface area contributed by atoms with Gasteiger partial charge in [0.2, 0.25) is 0 Å². The van der Waals surface area contributed by atoms with Crippen LogP contribution in [0.2, 0.25) is 5.02 Å². The van der Waals surface area contributed by atoms with Gasteiger partial charge >= 0.3 is 0 Å². The number of nitrogens with one attached hydrogen (secondary N) is 1. The highest BCUT2D eigenvalue weighted by atomic mass is 79.9. The van der Waals surface area contributed by atoms with E-state index in [0.29, 0.717) is 35.3 Å². The minimum atomic E-state index is -0.330. The summed E-state index contributed by atoms with van der Waals surface area (Å²) in [6.45, 7) is 4.43. The Labute approximate surface area is 194 Å². The highest BCUT2D eigenvalue weighted by molar-refractivity contribution is 9.10. The molecule has 31 heavy (non-hydrogen) atoms. The smallest absolute Gasteiger partial charge is 0.271 e. The molecular weight excluding hydrogens is 480 g/mol. The number of nitrogens with zero attached hydrogens (tertiary/aromatic N) is 1. The van der Waals surface area contributed by atoms with Crippen molar-refractivity contribution in [2.75, 3.05) is 6.61 Å². The topological polar surface area (TPSA) is 59.9 Å². The first-order chi connectivity index (χ1) is 15.0. The Kier molecular flexibility index (Phi) is 8.27. The highest BCUT2D eigenvalue weighted by Gasteiger charge is 2.06. The van der Waals surface area contributed by atoms with Crippen LogP contribution >= 0.6 is 27.5 Å². The largest absolute Gasteiger partial charge is 0.489 e. The van der Waals surface area contributed by atoms with Crippen LogP contribution in [0.3, 0.4) is 0 Å². The lowest BCUT2D eigenvalue weighted by Gasteiger charge is -2.08. The summed E-state index contributed by atoms with van der Waals surface area (Å²) in [7, 11) is 0. The van der Waals surface area contributed by atoms with Crippen LogP contribution in [0.25, 0.3) is 0 Å². The Morgan fingerprint density at radius 1 is 1.06 bits per heavy atom. The van der Waals surface area contributed by atoms with Gasteiger partial charge in [-0.25, -0.2) is 5.43 Å². The first-order valence-electron chi connectivity index (χ1n) is 9.39. The lowest BCUT2D eigenvalue weighted by atomic mass is 10.2. The molecule has 3 rings (SSSR count). The predicted octanol–water partition coefficient (Wildman–Crippen LogP) is 6.01. The van der Waals surface area contributed by atoms with Crippen molar-refractivity contribution in [1.82, 2.24) is 5.43 Å². The summed E-state index contributed by atoms with van der Waals surface area (Å²) in [5, 5.41) is 4.72. The third kappa shape index (κ3) is 6.98. The van der Waals surface area contributed by atoms with Crippen molar-refractivity contribution in [3.8, 4) is 11.5 Å². The van der Waals surface area contributed by atoms with E-state index >= 15 is 0 Å². The van der Waals surface area contributed by atoms with E-state index in [2.05, 4.69) is 33.0 Å². The average molecular weight is 500 g/mol. The normalized spacial score (nSPS) is 10.6. The Morgan fingerprint density at radius 2 is 1.81 bits per heavy atom. The van der Waals surface area contributed by atoms with Gasteiger partial charge in [0, 0.05) is 20.6 Å². The summed E-state index contributed by atoms with van der Waals surface area (Å²) in [6, 6.07) is 19.8. The summed E-state index contributed by atoms with van der Waals surface area (Å²) in [5.41, 5.74) is 4.71. The van der Waals surface area contributed by atoms with Crippen LogP contribution in [0.1, 0.15) is 21.5 Å². The summed E-state index contributed by atoms with van der Waals surface area (Å²) >= 11 is 9.30. The third-order valence-corrected chi connectivity index (χ3v) is 4.88. The molecule has 5 nitrogen and oxygen atoms in total. The minimum Gasteiger partial charge on any atom is -0.489 e. The second-order valence-electron chi connectivity index (χ2n) is 6.42. The highest BCUT2D eigenvalue weighted by Crippen LogP contribution is 2.22. The fraction of sp³-hybridized carbons (Fsp3) is 0.0833. The molecule has 0 aromatic heterocycles. The maximum Gasteiger partial charge on any atom is 0.271 e. The fourth-order valence-corrected chi connectivity index (χ4v) is 3.08. The van der Waals surface area contributed by atoms with Crippen molar-refractivity contribution < 1.29 is 14.3 Å². The molecule has 158 valence electrons. The summed E-state index contributed by atoms with van der Waals surface area (Å²) in [5.74, 6) is 0.973. The predicted molar refractivity (Wildman–Crippen MR) is 127 cm³/mol. The molecule has 0 saturated carbocycles. The van der Waals surface area contributed by atoms with Crippen molar-refractivity contribution in [3.63, 3.8) is 0 Å². The summed E-state index contributed by atoms with van der Waals surface area (Å²) in [6.07, 6.45) is 3.19. The zero-order valence-electron chi connectivity index (χ0n) is 16.6. The molecule has 0 atom stereocenters. The van der Waals surface area contributed by atoms with Gasteiger partial charge in [-0.05, 0) is 60.2 Å². The summed E-state index contributed by atoms with van der Waals surface area (Å²) in [4.78, 5) is 12.3. The molecule has 0 radical (unpaired) electrons. The van der Waals surface area contributed by atoms with E-state index in [0.717, 1.165) is 15.6 Å². The van der Waals surface area contributed by atoms with E-state index in [1.165, 1.54) is 6.21 Å². The van der Waals surface area contributed by atoms with Crippen LogP contribution in [0, 0.1) is 0 Å². The van der Waals surface area contributed by atoms with Crippen molar-refractivity contribution in [3.05, 3.63) is 106 Å². The Hall–Kier alpha value is -3.09. The summed E-state index contributed by atoms with van der Waals surface area (Å²) < 4.78 is 12.2. The molecule has 1 N–H and O–H groups in total. The second-order valence-corrected chi connectivity index (χ2v) is 7.77. The number of amides is 1. The SMILES string of the molecule is C=CCOc1ccc(Br)cc1C=NNC(=O)c1ccc(OCc2ccc(Cl)cc2)cc1. The van der Waals surface area contributed by atoms with E-state index < -0.39 is 0 Å². The maximum absolute atomic E-state index is 12.3. The van der Waals surface area contributed by atoms with Gasteiger partial charge in [-0.2, -0.15) is 5.10 Å². The van der Waals surface area contributed by atoms with Gasteiger partial charge in [0.05, 0.1) is 6.21 Å². The monoisotopic (exact) mass is 498 g/mol. The maximum atomic E-state index is 12.3. The van der Waals surface area contributed by atoms with Crippen molar-refractivity contribution in [2.24, 2.45) is 5.10 Å². The van der Waals surface area contributed by atoms with Crippen LogP contribution < -0.4 is 14.9 Å². The zero-order chi connectivity index (χ0) is 22.1. The molecule has 0 heterocycles. The van der Waals surface area contributed by atoms with Crippen LogP contribution in [0.5, 0.6) is 11.5 Å². The number of hydrazone groups is 1. The molecule has 3 aromatic carbocycles. The molecule has 0 saturated heterocycles. The zero-order valence-corrected chi connectivity index (χ0v) is 18.9. The molecular formula is C24H20BrClN2O3. The lowest BCUT2D eigenvalue weighted by molar-refractivity contribution is 0.0955. The van der Waals surface area contributed by atoms with E-state index in [4.69, 9.17) is 21.1 Å². The van der Waals surface area contributed by atoms with Crippen LogP contribution in [0.15, 0.2) is 89.0 Å². The molecule has 0 spiro atoms. The quantitative estimate of drug-likeness (QED) is 0.223. The van der Waals surface area contributed by atoms with E-state index in [1.807, 2.05) is 42.5 Å². The van der Waals surface area contributed by atoms with Crippen molar-refractivity contribution in [1.29, 1.82) is 0 Å². The van der Waals surface area contributed by atoms with Crippen LogP contribution in [-0.4, -0.2) is 18.7 Å². The van der Waals surface area contributed by atoms with Crippen molar-refractivity contribution in [2.45, 2.75) is 6.61 Å². The molecule has 0 aliphatic heterocycles. The second kappa shape index (κ2) is 11.3. The van der Waals surface area contributed by atoms with E-state index in [9.17, 15) is 4.79 Å². The molecule has 0 fully saturated rings. The van der Waals surface area contributed by atoms with Gasteiger partial charge in [0.25, 0.3) is 5.91 Å². The van der Waals surface area contributed by atoms with E-state index in [1.54, 1.807) is 30.3 Å². The Morgan fingerprint density at radius 3 is 2.52 bits per heavy atom. The number of ether oxygens (including phenoxy) is 2. The van der Waals surface area contributed by atoms with Gasteiger partial charge in [0.1, 0.15) is 24.7 Å². The van der Waals surface area contributed by atoms with Gasteiger partial charge < -0.3 is 9.47 Å². The number of benzene rings is 3. The third-order valence-electron chi connectivity index (χ3n) is 4.13. The number of hydrogen-bond donors (Lipinski definition) is 1. The Bertz CT molecular complexity index is 1070. The average Bonchev–Trinajstić information content (AvgIpc) is 2.78. The molecule has 0 unspecified atom stereocenters. The molecule has 0 aliphatic carbocycles. The first kappa shape index (κ1) is 22.6. The lowest BCUT2D eigenvalue weighted by Crippen LogP contribution is -2.17. The standard InChI is InChI=1S/C24H20BrClN2O3/c1-2-13-30-23-12-7-20(25)14-19(23)15-27-28-24(29)18-5-10-22(11-6-18)31-16-17-3-8-21(26)9-4-17/h2-12,14-15H,1,13,16H2,(H,28,29). The molecule has 0 bridgehead atoms.